The number of aliphatic hydroxyl groups excluding tert-OH is 1. The van der Waals surface area contributed by atoms with Crippen molar-refractivity contribution >= 4 is 15.7 Å². The molecule has 2 rings (SSSR count). The predicted molar refractivity (Wildman–Crippen MR) is 77.2 cm³/mol. The van der Waals surface area contributed by atoms with Gasteiger partial charge in [-0.15, -0.1) is 0 Å². The first kappa shape index (κ1) is 15.4. The van der Waals surface area contributed by atoms with Gasteiger partial charge >= 0.3 is 0 Å². The molecule has 4 N–H and O–H groups in total. The number of rotatable bonds is 5. The summed E-state index contributed by atoms with van der Waals surface area (Å²) in [6.45, 7) is -0.0319. The van der Waals surface area contributed by atoms with E-state index in [1.54, 1.807) is 24.3 Å². The number of nitrogen functional groups attached to an aromatic ring is 1. The second-order valence-corrected chi connectivity index (χ2v) is 6.22. The van der Waals surface area contributed by atoms with Crippen molar-refractivity contribution in [2.24, 2.45) is 0 Å². The molecule has 2 aromatic rings. The lowest BCUT2D eigenvalue weighted by Gasteiger charge is -2.09. The summed E-state index contributed by atoms with van der Waals surface area (Å²) in [4.78, 5) is -0.283. The molecule has 7 heteroatoms. The fourth-order valence-electron chi connectivity index (χ4n) is 1.76. The number of nitrogens with two attached hydrogens (primary N) is 1. The lowest BCUT2D eigenvalue weighted by atomic mass is 10.1. The zero-order chi connectivity index (χ0) is 15.5. The first-order valence-electron chi connectivity index (χ1n) is 6.16. The van der Waals surface area contributed by atoms with Gasteiger partial charge in [0.2, 0.25) is 10.0 Å². The van der Waals surface area contributed by atoms with Crippen LogP contribution in [-0.2, 0) is 23.2 Å². The molecule has 21 heavy (non-hydrogen) atoms. The molecule has 0 aromatic heterocycles. The van der Waals surface area contributed by atoms with Crippen molar-refractivity contribution in [3.8, 4) is 0 Å². The Hall–Kier alpha value is -1.96. The van der Waals surface area contributed by atoms with E-state index in [1.807, 2.05) is 0 Å². The number of hydrogen-bond acceptors (Lipinski definition) is 4. The fraction of sp³-hybridized carbons (Fsp3) is 0.143. The molecule has 0 aliphatic carbocycles. The molecule has 0 fully saturated rings. The third-order valence-corrected chi connectivity index (χ3v) is 4.39. The smallest absolute Gasteiger partial charge is 0.243 e. The molecule has 0 aliphatic rings. The summed E-state index contributed by atoms with van der Waals surface area (Å²) in [5, 5.41) is 8.93. The van der Waals surface area contributed by atoms with E-state index in [4.69, 9.17) is 10.8 Å². The highest BCUT2D eigenvalue weighted by molar-refractivity contribution is 7.89. The van der Waals surface area contributed by atoms with E-state index >= 15 is 0 Å². The predicted octanol–water partition coefficient (Wildman–Crippen LogP) is 1.38. The summed E-state index contributed by atoms with van der Waals surface area (Å²) < 4.78 is 39.7. The van der Waals surface area contributed by atoms with Crippen LogP contribution in [0.4, 0.5) is 10.1 Å². The molecule has 0 atom stereocenters. The number of benzene rings is 2. The van der Waals surface area contributed by atoms with E-state index in [-0.39, 0.29) is 23.7 Å². The Balaban J connectivity index is 2.15. The van der Waals surface area contributed by atoms with Gasteiger partial charge in [-0.2, -0.15) is 0 Å². The lowest BCUT2D eigenvalue weighted by molar-refractivity contribution is 0.282. The summed E-state index contributed by atoms with van der Waals surface area (Å²) >= 11 is 0. The first-order chi connectivity index (χ1) is 9.92. The van der Waals surface area contributed by atoms with Crippen LogP contribution in [0.2, 0.25) is 0 Å². The van der Waals surface area contributed by atoms with Crippen LogP contribution < -0.4 is 10.5 Å². The molecule has 0 radical (unpaired) electrons. The van der Waals surface area contributed by atoms with Gasteiger partial charge in [0.15, 0.2) is 0 Å². The van der Waals surface area contributed by atoms with Crippen LogP contribution in [0.25, 0.3) is 0 Å². The Bertz CT molecular complexity index is 730. The van der Waals surface area contributed by atoms with Crippen LogP contribution in [0.3, 0.4) is 0 Å². The van der Waals surface area contributed by atoms with Crippen LogP contribution in [0.1, 0.15) is 11.1 Å². The second-order valence-electron chi connectivity index (χ2n) is 4.48. The number of aliphatic hydroxyl groups is 1. The maximum atomic E-state index is 13.2. The Kier molecular flexibility index (Phi) is 4.56. The number of sulfonamides is 1. The molecular formula is C14H15FN2O3S. The number of nitrogens with one attached hydrogen (secondary N) is 1. The summed E-state index contributed by atoms with van der Waals surface area (Å²) in [7, 11) is -3.89. The van der Waals surface area contributed by atoms with Gasteiger partial charge in [0.1, 0.15) is 10.7 Å². The minimum atomic E-state index is -3.89. The quantitative estimate of drug-likeness (QED) is 0.727. The van der Waals surface area contributed by atoms with Crippen molar-refractivity contribution in [2.45, 2.75) is 18.0 Å². The fourth-order valence-corrected chi connectivity index (χ4v) is 2.92. The SMILES string of the molecule is Nc1ccc(F)cc1S(=O)(=O)NCc1ccc(CO)cc1. The molecule has 0 saturated heterocycles. The Morgan fingerprint density at radius 3 is 2.33 bits per heavy atom. The van der Waals surface area contributed by atoms with Crippen molar-refractivity contribution in [2.75, 3.05) is 5.73 Å². The van der Waals surface area contributed by atoms with Gasteiger partial charge in [-0.3, -0.25) is 0 Å². The topological polar surface area (TPSA) is 92.4 Å². The maximum absolute atomic E-state index is 13.2. The van der Waals surface area contributed by atoms with Gasteiger partial charge in [0.05, 0.1) is 12.3 Å². The van der Waals surface area contributed by atoms with Crippen LogP contribution in [-0.4, -0.2) is 13.5 Å². The molecule has 112 valence electrons. The maximum Gasteiger partial charge on any atom is 0.243 e. The van der Waals surface area contributed by atoms with Crippen molar-refractivity contribution in [3.63, 3.8) is 0 Å². The van der Waals surface area contributed by atoms with Gasteiger partial charge in [0, 0.05) is 6.54 Å². The molecule has 5 nitrogen and oxygen atoms in total. The minimum absolute atomic E-state index is 0.0143. The van der Waals surface area contributed by atoms with Crippen molar-refractivity contribution in [1.29, 1.82) is 0 Å². The normalized spacial score (nSPS) is 11.5. The molecule has 0 aliphatic heterocycles. The zero-order valence-electron chi connectivity index (χ0n) is 11.1. The molecule has 0 bridgehead atoms. The lowest BCUT2D eigenvalue weighted by Crippen LogP contribution is -2.24. The Morgan fingerprint density at radius 2 is 1.71 bits per heavy atom. The van der Waals surface area contributed by atoms with Gasteiger partial charge in [-0.1, -0.05) is 24.3 Å². The number of anilines is 1. The van der Waals surface area contributed by atoms with Crippen molar-refractivity contribution in [3.05, 3.63) is 59.4 Å². The third-order valence-electron chi connectivity index (χ3n) is 2.94. The highest BCUT2D eigenvalue weighted by atomic mass is 32.2. The average molecular weight is 310 g/mol. The molecule has 0 amide bonds. The minimum Gasteiger partial charge on any atom is -0.398 e. The first-order valence-corrected chi connectivity index (χ1v) is 7.64. The van der Waals surface area contributed by atoms with E-state index in [0.717, 1.165) is 17.7 Å². The van der Waals surface area contributed by atoms with Gasteiger partial charge in [-0.25, -0.2) is 17.5 Å². The summed E-state index contributed by atoms with van der Waals surface area (Å²) in [6, 6.07) is 9.97. The van der Waals surface area contributed by atoms with E-state index in [1.165, 1.54) is 6.07 Å². The monoisotopic (exact) mass is 310 g/mol. The van der Waals surface area contributed by atoms with Gasteiger partial charge in [-0.05, 0) is 29.3 Å². The summed E-state index contributed by atoms with van der Waals surface area (Å²) in [5.41, 5.74) is 7.00. The molecule has 2 aromatic carbocycles. The van der Waals surface area contributed by atoms with E-state index in [9.17, 15) is 12.8 Å². The summed E-state index contributed by atoms with van der Waals surface area (Å²) in [5.74, 6) is -0.670. The highest BCUT2D eigenvalue weighted by Crippen LogP contribution is 2.19. The molecule has 0 saturated carbocycles. The van der Waals surface area contributed by atoms with Crippen LogP contribution >= 0.6 is 0 Å². The second kappa shape index (κ2) is 6.21. The van der Waals surface area contributed by atoms with Crippen molar-refractivity contribution < 1.29 is 17.9 Å². The van der Waals surface area contributed by atoms with Crippen molar-refractivity contribution in [1.82, 2.24) is 4.72 Å². The van der Waals surface area contributed by atoms with Gasteiger partial charge in [0.25, 0.3) is 0 Å². The Morgan fingerprint density at radius 1 is 1.10 bits per heavy atom. The van der Waals surface area contributed by atoms with E-state index in [2.05, 4.69) is 4.72 Å². The zero-order valence-corrected chi connectivity index (χ0v) is 11.9. The van der Waals surface area contributed by atoms with Gasteiger partial charge < -0.3 is 10.8 Å². The standard InChI is InChI=1S/C14H15FN2O3S/c15-12-5-6-13(16)14(7-12)21(19,20)17-8-10-1-3-11(9-18)4-2-10/h1-7,17-18H,8-9,16H2. The summed E-state index contributed by atoms with van der Waals surface area (Å²) in [6.07, 6.45) is 0. The largest absolute Gasteiger partial charge is 0.398 e. The van der Waals surface area contributed by atoms with Crippen LogP contribution in [0, 0.1) is 5.82 Å². The third kappa shape index (κ3) is 3.78. The van der Waals surface area contributed by atoms with E-state index in [0.29, 0.717) is 5.56 Å². The molecular weight excluding hydrogens is 295 g/mol. The number of hydrogen-bond donors (Lipinski definition) is 3. The molecule has 0 spiro atoms. The number of halogens is 1. The Labute approximate surface area is 122 Å². The van der Waals surface area contributed by atoms with Crippen LogP contribution in [0.5, 0.6) is 0 Å². The molecule has 0 unspecified atom stereocenters. The van der Waals surface area contributed by atoms with E-state index < -0.39 is 15.8 Å². The van der Waals surface area contributed by atoms with Crippen LogP contribution in [0.15, 0.2) is 47.4 Å². The average Bonchev–Trinajstić information content (AvgIpc) is 2.48. The molecule has 0 heterocycles. The highest BCUT2D eigenvalue weighted by Gasteiger charge is 2.17.